The largest absolute Gasteiger partial charge is 0.444 e. The molecule has 2 heterocycles. The third kappa shape index (κ3) is 9.08. The summed E-state index contributed by atoms with van der Waals surface area (Å²) in [5, 5.41) is 6.81. The molecule has 174 valence electrons. The van der Waals surface area contributed by atoms with E-state index < -0.39 is 5.60 Å². The molecule has 0 spiro atoms. The van der Waals surface area contributed by atoms with Crippen molar-refractivity contribution in [2.24, 2.45) is 10.9 Å². The first-order valence-electron chi connectivity index (χ1n) is 11.6. The maximum atomic E-state index is 12.4. The molecular formula is C22H43N5O3. The van der Waals surface area contributed by atoms with Gasteiger partial charge in [0.15, 0.2) is 5.96 Å². The second-order valence-electron chi connectivity index (χ2n) is 9.37. The first-order valence-corrected chi connectivity index (χ1v) is 11.6. The minimum absolute atomic E-state index is 0.188. The highest BCUT2D eigenvalue weighted by Crippen LogP contribution is 2.21. The molecule has 2 N–H and O–H groups in total. The number of amides is 1. The van der Waals surface area contributed by atoms with Gasteiger partial charge in [-0.2, -0.15) is 0 Å². The van der Waals surface area contributed by atoms with Gasteiger partial charge in [-0.05, 0) is 59.8 Å². The Kier molecular flexibility index (Phi) is 10.2. The summed E-state index contributed by atoms with van der Waals surface area (Å²) in [6, 6.07) is 0.407. The van der Waals surface area contributed by atoms with E-state index in [1.54, 1.807) is 0 Å². The highest BCUT2D eigenvalue weighted by atomic mass is 16.6. The van der Waals surface area contributed by atoms with Crippen LogP contribution in [0.25, 0.3) is 0 Å². The van der Waals surface area contributed by atoms with Crippen molar-refractivity contribution in [3.63, 3.8) is 0 Å². The number of likely N-dealkylation sites (tertiary alicyclic amines) is 1. The van der Waals surface area contributed by atoms with Crippen LogP contribution < -0.4 is 10.6 Å². The van der Waals surface area contributed by atoms with Crippen molar-refractivity contribution in [3.8, 4) is 0 Å². The Hall–Kier alpha value is -1.54. The Morgan fingerprint density at radius 1 is 1.23 bits per heavy atom. The number of guanidine groups is 1. The molecule has 2 rings (SSSR count). The number of nitrogens with one attached hydrogen (secondary N) is 2. The van der Waals surface area contributed by atoms with E-state index in [0.29, 0.717) is 12.0 Å². The summed E-state index contributed by atoms with van der Waals surface area (Å²) in [7, 11) is 0. The lowest BCUT2D eigenvalue weighted by atomic mass is 9.95. The normalized spacial score (nSPS) is 22.5. The zero-order chi connectivity index (χ0) is 22.0. The Bertz CT molecular complexity index is 543. The van der Waals surface area contributed by atoms with Gasteiger partial charge in [-0.25, -0.2) is 4.79 Å². The lowest BCUT2D eigenvalue weighted by Crippen LogP contribution is -2.45. The maximum absolute atomic E-state index is 12.4. The molecule has 0 radical (unpaired) electrons. The van der Waals surface area contributed by atoms with E-state index in [1.807, 2.05) is 25.7 Å². The zero-order valence-corrected chi connectivity index (χ0v) is 19.7. The molecular weight excluding hydrogens is 382 g/mol. The van der Waals surface area contributed by atoms with E-state index in [4.69, 9.17) is 14.5 Å². The van der Waals surface area contributed by atoms with E-state index in [-0.39, 0.29) is 6.09 Å². The number of hydrogen-bond donors (Lipinski definition) is 2. The number of ether oxygens (including phenoxy) is 2. The molecule has 0 aromatic heterocycles. The van der Waals surface area contributed by atoms with Crippen LogP contribution in [0.4, 0.5) is 4.79 Å². The molecule has 2 saturated heterocycles. The zero-order valence-electron chi connectivity index (χ0n) is 19.7. The number of rotatable bonds is 7. The minimum atomic E-state index is -0.443. The predicted octanol–water partition coefficient (Wildman–Crippen LogP) is 2.30. The Labute approximate surface area is 182 Å². The SMILES string of the molecule is CCNC(=NCC(C)N1CCOCC1)NCCC1CCCN(C(=O)OC(C)(C)C)C1. The van der Waals surface area contributed by atoms with E-state index in [1.165, 1.54) is 0 Å². The molecule has 2 aliphatic rings. The second kappa shape index (κ2) is 12.3. The summed E-state index contributed by atoms with van der Waals surface area (Å²) in [6.07, 6.45) is 3.02. The van der Waals surface area contributed by atoms with Crippen LogP contribution in [-0.2, 0) is 9.47 Å². The molecule has 2 aliphatic heterocycles. The lowest BCUT2D eigenvalue weighted by Gasteiger charge is -2.34. The molecule has 8 nitrogen and oxygen atoms in total. The average molecular weight is 426 g/mol. The van der Waals surface area contributed by atoms with E-state index in [2.05, 4.69) is 29.4 Å². The molecule has 0 bridgehead atoms. The number of carbonyl (C=O) groups is 1. The summed E-state index contributed by atoms with van der Waals surface area (Å²) >= 11 is 0. The van der Waals surface area contributed by atoms with Gasteiger partial charge in [0.2, 0.25) is 0 Å². The van der Waals surface area contributed by atoms with Gasteiger partial charge in [-0.15, -0.1) is 0 Å². The summed E-state index contributed by atoms with van der Waals surface area (Å²) in [4.78, 5) is 21.4. The van der Waals surface area contributed by atoms with Crippen molar-refractivity contribution >= 4 is 12.1 Å². The Balaban J connectivity index is 1.75. The van der Waals surface area contributed by atoms with E-state index >= 15 is 0 Å². The molecule has 0 saturated carbocycles. The van der Waals surface area contributed by atoms with Crippen LogP contribution in [0.15, 0.2) is 4.99 Å². The number of piperidine rings is 1. The van der Waals surface area contributed by atoms with E-state index in [0.717, 1.165) is 84.2 Å². The fourth-order valence-electron chi connectivity index (χ4n) is 3.89. The molecule has 2 atom stereocenters. The predicted molar refractivity (Wildman–Crippen MR) is 121 cm³/mol. The smallest absolute Gasteiger partial charge is 0.410 e. The Morgan fingerprint density at radius 2 is 1.97 bits per heavy atom. The van der Waals surface area contributed by atoms with Crippen molar-refractivity contribution in [2.45, 2.75) is 65.5 Å². The van der Waals surface area contributed by atoms with Crippen molar-refractivity contribution in [3.05, 3.63) is 0 Å². The van der Waals surface area contributed by atoms with Crippen LogP contribution >= 0.6 is 0 Å². The molecule has 2 unspecified atom stereocenters. The number of morpholine rings is 1. The van der Waals surface area contributed by atoms with Gasteiger partial charge in [0, 0.05) is 45.3 Å². The standard InChI is InChI=1S/C22H43N5O3/c1-6-23-20(25-16-18(2)26-12-14-29-15-13-26)24-10-9-19-8-7-11-27(17-19)21(28)30-22(3,4)5/h18-19H,6-17H2,1-5H3,(H2,23,24,25). The van der Waals surface area contributed by atoms with Crippen LogP contribution in [-0.4, -0.2) is 92.5 Å². The first kappa shape index (κ1) is 24.7. The van der Waals surface area contributed by atoms with Gasteiger partial charge in [-0.3, -0.25) is 9.89 Å². The highest BCUT2D eigenvalue weighted by Gasteiger charge is 2.27. The van der Waals surface area contributed by atoms with Gasteiger partial charge in [-0.1, -0.05) is 0 Å². The van der Waals surface area contributed by atoms with Crippen LogP contribution in [0.1, 0.15) is 53.9 Å². The Morgan fingerprint density at radius 3 is 2.63 bits per heavy atom. The molecule has 8 heteroatoms. The third-order valence-corrected chi connectivity index (χ3v) is 5.54. The number of carbonyl (C=O) groups excluding carboxylic acids is 1. The summed E-state index contributed by atoms with van der Waals surface area (Å²) in [5.41, 5.74) is -0.443. The van der Waals surface area contributed by atoms with Crippen LogP contribution in [0.2, 0.25) is 0 Å². The maximum Gasteiger partial charge on any atom is 0.410 e. The third-order valence-electron chi connectivity index (χ3n) is 5.54. The van der Waals surface area contributed by atoms with Crippen molar-refractivity contribution < 1.29 is 14.3 Å². The summed E-state index contributed by atoms with van der Waals surface area (Å²) in [6.45, 7) is 17.7. The van der Waals surface area contributed by atoms with Crippen molar-refractivity contribution in [1.29, 1.82) is 0 Å². The summed E-state index contributed by atoms with van der Waals surface area (Å²) < 4.78 is 11.0. The molecule has 1 amide bonds. The number of nitrogens with zero attached hydrogens (tertiary/aromatic N) is 3. The molecule has 0 aliphatic carbocycles. The molecule has 0 aromatic carbocycles. The van der Waals surface area contributed by atoms with Gasteiger partial charge < -0.3 is 25.0 Å². The summed E-state index contributed by atoms with van der Waals surface area (Å²) in [5.74, 6) is 1.37. The van der Waals surface area contributed by atoms with Gasteiger partial charge >= 0.3 is 6.09 Å². The molecule has 2 fully saturated rings. The first-order chi connectivity index (χ1) is 14.3. The fourth-order valence-corrected chi connectivity index (χ4v) is 3.89. The van der Waals surface area contributed by atoms with Crippen LogP contribution in [0, 0.1) is 5.92 Å². The molecule has 0 aromatic rings. The van der Waals surface area contributed by atoms with Crippen molar-refractivity contribution in [1.82, 2.24) is 20.4 Å². The second-order valence-corrected chi connectivity index (χ2v) is 9.37. The fraction of sp³-hybridized carbons (Fsp3) is 0.909. The van der Waals surface area contributed by atoms with E-state index in [9.17, 15) is 4.79 Å². The van der Waals surface area contributed by atoms with Gasteiger partial charge in [0.25, 0.3) is 0 Å². The monoisotopic (exact) mass is 425 g/mol. The van der Waals surface area contributed by atoms with Crippen molar-refractivity contribution in [2.75, 3.05) is 59.0 Å². The van der Waals surface area contributed by atoms with Gasteiger partial charge in [0.05, 0.1) is 19.8 Å². The van der Waals surface area contributed by atoms with Crippen LogP contribution in [0.3, 0.4) is 0 Å². The van der Waals surface area contributed by atoms with Crippen LogP contribution in [0.5, 0.6) is 0 Å². The number of aliphatic imine (C=N–C) groups is 1. The lowest BCUT2D eigenvalue weighted by molar-refractivity contribution is 0.0162. The van der Waals surface area contributed by atoms with Gasteiger partial charge in [0.1, 0.15) is 5.60 Å². The molecule has 30 heavy (non-hydrogen) atoms. The highest BCUT2D eigenvalue weighted by molar-refractivity contribution is 5.79. The quantitative estimate of drug-likeness (QED) is 0.481. The topological polar surface area (TPSA) is 78.4 Å². The minimum Gasteiger partial charge on any atom is -0.444 e. The number of hydrogen-bond acceptors (Lipinski definition) is 5. The average Bonchev–Trinajstić information content (AvgIpc) is 2.71.